The van der Waals surface area contributed by atoms with Crippen molar-refractivity contribution in [1.82, 2.24) is 9.55 Å². The Morgan fingerprint density at radius 3 is 2.43 bits per heavy atom. The Morgan fingerprint density at radius 2 is 1.76 bits per heavy atom. The summed E-state index contributed by atoms with van der Waals surface area (Å²) in [6.07, 6.45) is 0. The van der Waals surface area contributed by atoms with E-state index in [1.54, 1.807) is 10.6 Å². The molecule has 1 unspecified atom stereocenters. The van der Waals surface area contributed by atoms with Crippen molar-refractivity contribution in [3.63, 3.8) is 0 Å². The van der Waals surface area contributed by atoms with E-state index in [0.717, 1.165) is 11.3 Å². The van der Waals surface area contributed by atoms with E-state index in [1.807, 2.05) is 56.3 Å². The van der Waals surface area contributed by atoms with Gasteiger partial charge in [0.15, 0.2) is 0 Å². The van der Waals surface area contributed by atoms with Crippen molar-refractivity contribution >= 4 is 22.5 Å². The van der Waals surface area contributed by atoms with Crippen LogP contribution in [-0.2, 0) is 0 Å². The molecule has 0 saturated heterocycles. The van der Waals surface area contributed by atoms with Crippen LogP contribution in [0.4, 0.5) is 0 Å². The maximum Gasteiger partial charge on any atom is 0.266 e. The largest absolute Gasteiger partial charge is 0.268 e. The fourth-order valence-corrected chi connectivity index (χ4v) is 2.51. The Morgan fingerprint density at radius 1 is 1.10 bits per heavy atom. The highest BCUT2D eigenvalue weighted by Gasteiger charge is 2.15. The molecule has 0 aliphatic rings. The summed E-state index contributed by atoms with van der Waals surface area (Å²) in [4.78, 5) is 17.4. The first-order valence-corrected chi connectivity index (χ1v) is 7.24. The number of alkyl halides is 1. The lowest BCUT2D eigenvalue weighted by molar-refractivity contribution is 0.815. The van der Waals surface area contributed by atoms with E-state index in [4.69, 9.17) is 11.6 Å². The number of rotatable bonds is 2. The van der Waals surface area contributed by atoms with Gasteiger partial charge in [0.25, 0.3) is 5.56 Å². The van der Waals surface area contributed by atoms with Gasteiger partial charge in [-0.05, 0) is 38.1 Å². The first kappa shape index (κ1) is 13.8. The Balaban J connectivity index is 2.39. The van der Waals surface area contributed by atoms with E-state index in [-0.39, 0.29) is 10.9 Å². The van der Waals surface area contributed by atoms with Crippen molar-refractivity contribution in [3.8, 4) is 5.69 Å². The van der Waals surface area contributed by atoms with Gasteiger partial charge in [0.2, 0.25) is 0 Å². The van der Waals surface area contributed by atoms with Gasteiger partial charge in [-0.3, -0.25) is 9.36 Å². The van der Waals surface area contributed by atoms with Crippen LogP contribution in [0, 0.1) is 6.92 Å². The molecule has 0 spiro atoms. The SMILES string of the molecule is Cc1ccc(-n2c(C(C)Cl)nc3ccccc3c2=O)cc1. The molecule has 1 heterocycles. The zero-order valence-corrected chi connectivity index (χ0v) is 12.6. The summed E-state index contributed by atoms with van der Waals surface area (Å²) >= 11 is 6.24. The first-order valence-electron chi connectivity index (χ1n) is 6.81. The van der Waals surface area contributed by atoms with Crippen LogP contribution in [0.1, 0.15) is 23.7 Å². The van der Waals surface area contributed by atoms with E-state index in [2.05, 4.69) is 4.98 Å². The van der Waals surface area contributed by atoms with Crippen LogP contribution in [0.5, 0.6) is 0 Å². The highest BCUT2D eigenvalue weighted by Crippen LogP contribution is 2.22. The fourth-order valence-electron chi connectivity index (χ4n) is 2.36. The molecular weight excluding hydrogens is 284 g/mol. The summed E-state index contributed by atoms with van der Waals surface area (Å²) in [6.45, 7) is 3.83. The lowest BCUT2D eigenvalue weighted by atomic mass is 10.2. The predicted molar refractivity (Wildman–Crippen MR) is 86.3 cm³/mol. The number of para-hydroxylation sites is 1. The zero-order chi connectivity index (χ0) is 15.0. The van der Waals surface area contributed by atoms with Crippen molar-refractivity contribution in [2.24, 2.45) is 0 Å². The molecule has 0 N–H and O–H groups in total. The third-order valence-electron chi connectivity index (χ3n) is 3.45. The summed E-state index contributed by atoms with van der Waals surface area (Å²) < 4.78 is 1.60. The van der Waals surface area contributed by atoms with Crippen LogP contribution in [0.2, 0.25) is 0 Å². The summed E-state index contributed by atoms with van der Waals surface area (Å²) in [5.41, 5.74) is 2.51. The zero-order valence-electron chi connectivity index (χ0n) is 11.9. The maximum absolute atomic E-state index is 12.8. The van der Waals surface area contributed by atoms with Gasteiger partial charge < -0.3 is 0 Å². The molecule has 3 nitrogen and oxygen atoms in total. The Kier molecular flexibility index (Phi) is 3.52. The highest BCUT2D eigenvalue weighted by molar-refractivity contribution is 6.20. The smallest absolute Gasteiger partial charge is 0.266 e. The number of halogens is 1. The molecule has 0 aliphatic carbocycles. The molecule has 0 saturated carbocycles. The molecule has 0 bridgehead atoms. The summed E-state index contributed by atoms with van der Waals surface area (Å²) in [5, 5.41) is 0.239. The van der Waals surface area contributed by atoms with Gasteiger partial charge in [-0.2, -0.15) is 0 Å². The van der Waals surface area contributed by atoms with Crippen molar-refractivity contribution < 1.29 is 0 Å². The summed E-state index contributed by atoms with van der Waals surface area (Å²) in [7, 11) is 0. The highest BCUT2D eigenvalue weighted by atomic mass is 35.5. The minimum Gasteiger partial charge on any atom is -0.268 e. The molecule has 106 valence electrons. The maximum atomic E-state index is 12.8. The van der Waals surface area contributed by atoms with Crippen LogP contribution >= 0.6 is 11.6 Å². The standard InChI is InChI=1S/C17H15ClN2O/c1-11-7-9-13(10-8-11)20-16(12(2)18)19-15-6-4-3-5-14(15)17(20)21/h3-10,12H,1-2H3. The van der Waals surface area contributed by atoms with Gasteiger partial charge >= 0.3 is 0 Å². The van der Waals surface area contributed by atoms with Crippen molar-refractivity contribution in [2.45, 2.75) is 19.2 Å². The topological polar surface area (TPSA) is 34.9 Å². The van der Waals surface area contributed by atoms with E-state index in [1.165, 1.54) is 0 Å². The second kappa shape index (κ2) is 5.34. The van der Waals surface area contributed by atoms with Gasteiger partial charge in [-0.25, -0.2) is 4.98 Å². The van der Waals surface area contributed by atoms with Gasteiger partial charge in [-0.1, -0.05) is 29.8 Å². The molecule has 4 heteroatoms. The average molecular weight is 299 g/mol. The number of hydrogen-bond donors (Lipinski definition) is 0. The fraction of sp³-hybridized carbons (Fsp3) is 0.176. The average Bonchev–Trinajstić information content (AvgIpc) is 2.48. The number of nitrogens with zero attached hydrogens (tertiary/aromatic N) is 2. The minimum absolute atomic E-state index is 0.0908. The summed E-state index contributed by atoms with van der Waals surface area (Å²) in [5.74, 6) is 0.559. The first-order chi connectivity index (χ1) is 10.1. The van der Waals surface area contributed by atoms with Crippen molar-refractivity contribution in [3.05, 3.63) is 70.3 Å². The van der Waals surface area contributed by atoms with Crippen LogP contribution in [0.15, 0.2) is 53.3 Å². The molecule has 1 atom stereocenters. The van der Waals surface area contributed by atoms with Gasteiger partial charge in [0.1, 0.15) is 5.82 Å². The number of aryl methyl sites for hydroxylation is 1. The number of fused-ring (bicyclic) bond motifs is 1. The molecule has 0 fully saturated rings. The number of hydrogen-bond acceptors (Lipinski definition) is 2. The molecule has 0 aliphatic heterocycles. The molecular formula is C17H15ClN2O. The predicted octanol–water partition coefficient (Wildman–Crippen LogP) is 3.99. The van der Waals surface area contributed by atoms with Crippen LogP contribution in [-0.4, -0.2) is 9.55 Å². The normalized spacial score (nSPS) is 12.5. The summed E-state index contributed by atoms with van der Waals surface area (Å²) in [6, 6.07) is 15.1. The molecule has 0 amide bonds. The van der Waals surface area contributed by atoms with Gasteiger partial charge in [0.05, 0.1) is 22.0 Å². The number of benzene rings is 2. The van der Waals surface area contributed by atoms with Crippen molar-refractivity contribution in [1.29, 1.82) is 0 Å². The molecule has 1 aromatic heterocycles. The van der Waals surface area contributed by atoms with E-state index in [0.29, 0.717) is 16.7 Å². The van der Waals surface area contributed by atoms with Gasteiger partial charge in [-0.15, -0.1) is 11.6 Å². The third-order valence-corrected chi connectivity index (χ3v) is 3.64. The lowest BCUT2D eigenvalue weighted by Crippen LogP contribution is -2.24. The van der Waals surface area contributed by atoms with Crippen LogP contribution in [0.25, 0.3) is 16.6 Å². The second-order valence-electron chi connectivity index (χ2n) is 5.08. The quantitative estimate of drug-likeness (QED) is 0.670. The molecule has 3 rings (SSSR count). The lowest BCUT2D eigenvalue weighted by Gasteiger charge is -2.15. The van der Waals surface area contributed by atoms with Crippen LogP contribution < -0.4 is 5.56 Å². The Hall–Kier alpha value is -2.13. The second-order valence-corrected chi connectivity index (χ2v) is 5.73. The molecule has 3 aromatic rings. The monoisotopic (exact) mass is 298 g/mol. The van der Waals surface area contributed by atoms with Gasteiger partial charge in [0, 0.05) is 0 Å². The van der Waals surface area contributed by atoms with E-state index >= 15 is 0 Å². The number of aromatic nitrogens is 2. The third kappa shape index (κ3) is 2.45. The molecule has 0 radical (unpaired) electrons. The Bertz CT molecular complexity index is 851. The molecule has 2 aromatic carbocycles. The minimum atomic E-state index is -0.358. The van der Waals surface area contributed by atoms with E-state index < -0.39 is 0 Å². The Labute approximate surface area is 127 Å². The van der Waals surface area contributed by atoms with E-state index in [9.17, 15) is 4.79 Å². The molecule has 21 heavy (non-hydrogen) atoms. The van der Waals surface area contributed by atoms with Crippen molar-refractivity contribution in [2.75, 3.05) is 0 Å². The van der Waals surface area contributed by atoms with Crippen LogP contribution in [0.3, 0.4) is 0 Å².